The van der Waals surface area contributed by atoms with Crippen molar-refractivity contribution in [2.24, 2.45) is 0 Å². The van der Waals surface area contributed by atoms with Gasteiger partial charge in [-0.25, -0.2) is 4.98 Å². The van der Waals surface area contributed by atoms with Crippen molar-refractivity contribution in [3.63, 3.8) is 0 Å². The Morgan fingerprint density at radius 2 is 2.14 bits per heavy atom. The maximum Gasteiger partial charge on any atom is 0.152 e. The fraction of sp³-hybridized carbons (Fsp3) is 0.500. The van der Waals surface area contributed by atoms with Gasteiger partial charge in [0.1, 0.15) is 18.2 Å². The minimum atomic E-state index is 0.323. The van der Waals surface area contributed by atoms with Crippen molar-refractivity contribution in [2.45, 2.75) is 46.2 Å². The van der Waals surface area contributed by atoms with Crippen LogP contribution in [0.4, 0.5) is 5.82 Å². The molecular formula is C16H22N6. The standard InChI is InChI=1S/C16H22N6/c1-5-8-22-11-18-20-15(22)10-21(4)16-13(9-17)6-7-14(19-16)12(2)3/h6-7,11-12H,5,8,10H2,1-4H3. The predicted molar refractivity (Wildman–Crippen MR) is 85.5 cm³/mol. The third kappa shape index (κ3) is 3.42. The summed E-state index contributed by atoms with van der Waals surface area (Å²) in [4.78, 5) is 6.60. The molecule has 22 heavy (non-hydrogen) atoms. The lowest BCUT2D eigenvalue weighted by Crippen LogP contribution is -2.22. The van der Waals surface area contributed by atoms with Gasteiger partial charge in [0.15, 0.2) is 5.82 Å². The first-order chi connectivity index (χ1) is 10.6. The Morgan fingerprint density at radius 1 is 1.36 bits per heavy atom. The lowest BCUT2D eigenvalue weighted by molar-refractivity contribution is 0.630. The highest BCUT2D eigenvalue weighted by Crippen LogP contribution is 2.21. The SMILES string of the molecule is CCCn1cnnc1CN(C)c1nc(C(C)C)ccc1C#N. The molecule has 0 aliphatic carbocycles. The van der Waals surface area contributed by atoms with Crippen molar-refractivity contribution in [3.05, 3.63) is 35.5 Å². The summed E-state index contributed by atoms with van der Waals surface area (Å²) in [5.41, 5.74) is 1.56. The molecule has 0 saturated heterocycles. The first kappa shape index (κ1) is 16.0. The first-order valence-electron chi connectivity index (χ1n) is 7.55. The van der Waals surface area contributed by atoms with Crippen molar-refractivity contribution >= 4 is 5.82 Å². The van der Waals surface area contributed by atoms with Crippen molar-refractivity contribution in [2.75, 3.05) is 11.9 Å². The molecule has 116 valence electrons. The smallest absolute Gasteiger partial charge is 0.152 e. The number of hydrogen-bond donors (Lipinski definition) is 0. The van der Waals surface area contributed by atoms with Crippen LogP contribution in [0.1, 0.15) is 50.2 Å². The van der Waals surface area contributed by atoms with E-state index in [0.29, 0.717) is 23.8 Å². The Balaban J connectivity index is 2.28. The Bertz CT molecular complexity index is 668. The average Bonchev–Trinajstić information content (AvgIpc) is 2.94. The number of anilines is 1. The van der Waals surface area contributed by atoms with E-state index in [0.717, 1.165) is 24.5 Å². The molecule has 2 aromatic rings. The van der Waals surface area contributed by atoms with Gasteiger partial charge in [0, 0.05) is 19.3 Å². The van der Waals surface area contributed by atoms with Crippen LogP contribution in [0.25, 0.3) is 0 Å². The van der Waals surface area contributed by atoms with Crippen LogP contribution in [0.15, 0.2) is 18.5 Å². The van der Waals surface area contributed by atoms with Crippen molar-refractivity contribution in [1.29, 1.82) is 5.26 Å². The van der Waals surface area contributed by atoms with E-state index < -0.39 is 0 Å². The zero-order chi connectivity index (χ0) is 16.1. The molecule has 6 heteroatoms. The van der Waals surface area contributed by atoms with Gasteiger partial charge in [-0.3, -0.25) is 0 Å². The van der Waals surface area contributed by atoms with Gasteiger partial charge in [-0.2, -0.15) is 5.26 Å². The van der Waals surface area contributed by atoms with E-state index in [2.05, 4.69) is 42.0 Å². The largest absolute Gasteiger partial charge is 0.351 e. The summed E-state index contributed by atoms with van der Waals surface area (Å²) in [7, 11) is 1.93. The summed E-state index contributed by atoms with van der Waals surface area (Å²) in [6.07, 6.45) is 2.77. The number of aromatic nitrogens is 4. The number of hydrogen-bond acceptors (Lipinski definition) is 5. The summed E-state index contributed by atoms with van der Waals surface area (Å²) in [5.74, 6) is 1.90. The monoisotopic (exact) mass is 298 g/mol. The fourth-order valence-corrected chi connectivity index (χ4v) is 2.28. The van der Waals surface area contributed by atoms with E-state index in [9.17, 15) is 5.26 Å². The van der Waals surface area contributed by atoms with Crippen LogP contribution in [-0.2, 0) is 13.1 Å². The molecule has 0 aliphatic rings. The number of pyridine rings is 1. The number of rotatable bonds is 6. The highest BCUT2D eigenvalue weighted by Gasteiger charge is 2.14. The summed E-state index contributed by atoms with van der Waals surface area (Å²) in [6.45, 7) is 7.77. The van der Waals surface area contributed by atoms with E-state index in [4.69, 9.17) is 0 Å². The predicted octanol–water partition coefficient (Wildman–Crippen LogP) is 2.71. The fourth-order valence-electron chi connectivity index (χ4n) is 2.28. The molecule has 2 rings (SSSR count). The second-order valence-corrected chi connectivity index (χ2v) is 5.67. The van der Waals surface area contributed by atoms with Crippen molar-refractivity contribution < 1.29 is 0 Å². The minimum absolute atomic E-state index is 0.323. The number of aryl methyl sites for hydroxylation is 1. The maximum atomic E-state index is 9.31. The van der Waals surface area contributed by atoms with Crippen LogP contribution in [0.5, 0.6) is 0 Å². The molecule has 2 heterocycles. The zero-order valence-corrected chi connectivity index (χ0v) is 13.6. The minimum Gasteiger partial charge on any atom is -0.351 e. The van der Waals surface area contributed by atoms with E-state index in [1.54, 1.807) is 6.33 Å². The topological polar surface area (TPSA) is 70.6 Å². The molecule has 0 bridgehead atoms. The van der Waals surface area contributed by atoms with Crippen LogP contribution >= 0.6 is 0 Å². The average molecular weight is 298 g/mol. The van der Waals surface area contributed by atoms with Gasteiger partial charge in [-0.15, -0.1) is 10.2 Å². The molecule has 0 amide bonds. The van der Waals surface area contributed by atoms with Crippen LogP contribution in [-0.4, -0.2) is 26.8 Å². The highest BCUT2D eigenvalue weighted by atomic mass is 15.3. The van der Waals surface area contributed by atoms with Gasteiger partial charge in [-0.05, 0) is 24.5 Å². The zero-order valence-electron chi connectivity index (χ0n) is 13.6. The molecule has 6 nitrogen and oxygen atoms in total. The van der Waals surface area contributed by atoms with E-state index in [1.807, 2.05) is 28.6 Å². The Labute approximate surface area is 131 Å². The molecule has 0 N–H and O–H groups in total. The second-order valence-electron chi connectivity index (χ2n) is 5.67. The summed E-state index contributed by atoms with van der Waals surface area (Å²) >= 11 is 0. The molecule has 0 aromatic carbocycles. The van der Waals surface area contributed by atoms with Crippen molar-refractivity contribution in [3.8, 4) is 6.07 Å². The van der Waals surface area contributed by atoms with E-state index >= 15 is 0 Å². The molecule has 0 saturated carbocycles. The van der Waals surface area contributed by atoms with Crippen molar-refractivity contribution in [1.82, 2.24) is 19.7 Å². The van der Waals surface area contributed by atoms with Gasteiger partial charge in [0.05, 0.1) is 12.1 Å². The van der Waals surface area contributed by atoms with Crippen LogP contribution in [0, 0.1) is 11.3 Å². The van der Waals surface area contributed by atoms with Gasteiger partial charge < -0.3 is 9.47 Å². The van der Waals surface area contributed by atoms with Gasteiger partial charge in [0.2, 0.25) is 0 Å². The Hall–Kier alpha value is -2.42. The molecule has 0 spiro atoms. The lowest BCUT2D eigenvalue weighted by atomic mass is 10.1. The van der Waals surface area contributed by atoms with Gasteiger partial charge in [-0.1, -0.05) is 20.8 Å². The van der Waals surface area contributed by atoms with Gasteiger partial charge in [0.25, 0.3) is 0 Å². The lowest BCUT2D eigenvalue weighted by Gasteiger charge is -2.20. The van der Waals surface area contributed by atoms with E-state index in [-0.39, 0.29) is 0 Å². The number of nitriles is 1. The molecular weight excluding hydrogens is 276 g/mol. The quantitative estimate of drug-likeness (QED) is 0.820. The summed E-state index contributed by atoms with van der Waals surface area (Å²) in [6, 6.07) is 5.97. The maximum absolute atomic E-state index is 9.31. The molecule has 0 unspecified atom stereocenters. The van der Waals surface area contributed by atoms with Gasteiger partial charge >= 0.3 is 0 Å². The molecule has 0 radical (unpaired) electrons. The van der Waals surface area contributed by atoms with E-state index in [1.165, 1.54) is 0 Å². The Kier molecular flexibility index (Phi) is 5.10. The summed E-state index contributed by atoms with van der Waals surface area (Å²) in [5, 5.41) is 17.5. The first-order valence-corrected chi connectivity index (χ1v) is 7.55. The normalized spacial score (nSPS) is 10.7. The second kappa shape index (κ2) is 7.03. The summed E-state index contributed by atoms with van der Waals surface area (Å²) < 4.78 is 2.04. The molecule has 0 aliphatic heterocycles. The third-order valence-electron chi connectivity index (χ3n) is 3.51. The molecule has 0 atom stereocenters. The third-order valence-corrected chi connectivity index (χ3v) is 3.51. The molecule has 2 aromatic heterocycles. The molecule has 0 fully saturated rings. The van der Waals surface area contributed by atoms with Crippen LogP contribution < -0.4 is 4.90 Å². The van der Waals surface area contributed by atoms with Crippen LogP contribution in [0.3, 0.4) is 0 Å². The Morgan fingerprint density at radius 3 is 2.77 bits per heavy atom. The van der Waals surface area contributed by atoms with Crippen LogP contribution in [0.2, 0.25) is 0 Å². The highest BCUT2D eigenvalue weighted by molar-refractivity contribution is 5.54. The number of nitrogens with zero attached hydrogens (tertiary/aromatic N) is 6.